The number of benzene rings is 1. The molecule has 3 unspecified atom stereocenters. The van der Waals surface area contributed by atoms with Crippen molar-refractivity contribution in [1.29, 1.82) is 0 Å². The van der Waals surface area contributed by atoms with Crippen LogP contribution in [0.1, 0.15) is 24.7 Å². The summed E-state index contributed by atoms with van der Waals surface area (Å²) in [6, 6.07) is 6.10. The Morgan fingerprint density at radius 3 is 2.96 bits per heavy atom. The number of hydrogen-bond acceptors (Lipinski definition) is 5. The van der Waals surface area contributed by atoms with Crippen molar-refractivity contribution in [3.8, 4) is 17.1 Å². The van der Waals surface area contributed by atoms with Gasteiger partial charge in [-0.05, 0) is 31.5 Å². The second-order valence-corrected chi connectivity index (χ2v) is 6.27. The lowest BCUT2D eigenvalue weighted by atomic mass is 9.90. The van der Waals surface area contributed by atoms with E-state index in [4.69, 9.17) is 4.52 Å². The molecule has 136 valence electrons. The van der Waals surface area contributed by atoms with E-state index in [9.17, 15) is 13.2 Å². The third-order valence-corrected chi connectivity index (χ3v) is 4.89. The van der Waals surface area contributed by atoms with Gasteiger partial charge in [-0.2, -0.15) is 13.8 Å². The van der Waals surface area contributed by atoms with Crippen LogP contribution in [0.25, 0.3) is 11.4 Å². The lowest BCUT2D eigenvalue weighted by Crippen LogP contribution is -2.40. The summed E-state index contributed by atoms with van der Waals surface area (Å²) in [7, 11) is 0. The van der Waals surface area contributed by atoms with Gasteiger partial charge in [-0.3, -0.25) is 0 Å². The van der Waals surface area contributed by atoms with E-state index in [-0.39, 0.29) is 29.9 Å². The maximum absolute atomic E-state index is 14.2. The normalized spacial score (nSPS) is 28.0. The van der Waals surface area contributed by atoms with Gasteiger partial charge in [-0.25, -0.2) is 4.39 Å². The predicted molar refractivity (Wildman–Crippen MR) is 85.8 cm³/mol. The summed E-state index contributed by atoms with van der Waals surface area (Å²) in [5.74, 6) is 0.654. The van der Waals surface area contributed by atoms with Gasteiger partial charge in [-0.1, -0.05) is 17.3 Å². The van der Waals surface area contributed by atoms with E-state index in [1.54, 1.807) is 12.1 Å². The van der Waals surface area contributed by atoms with E-state index < -0.39 is 18.2 Å². The molecule has 2 aliphatic rings. The molecule has 2 fully saturated rings. The van der Waals surface area contributed by atoms with Crippen molar-refractivity contribution >= 4 is 12.4 Å². The molecule has 4 rings (SSSR count). The Morgan fingerprint density at radius 1 is 1.36 bits per heavy atom. The van der Waals surface area contributed by atoms with E-state index in [1.165, 1.54) is 12.1 Å². The average Bonchev–Trinajstić information content (AvgIpc) is 3.05. The molecule has 3 atom stereocenters. The van der Waals surface area contributed by atoms with Crippen LogP contribution >= 0.6 is 12.4 Å². The van der Waals surface area contributed by atoms with Gasteiger partial charge in [0.05, 0.1) is 0 Å². The van der Waals surface area contributed by atoms with Crippen LogP contribution in [-0.2, 0) is 0 Å². The molecule has 2 aromatic rings. The number of aromatic nitrogens is 2. The number of alkyl halides is 3. The minimum atomic E-state index is -2.89. The highest BCUT2D eigenvalue weighted by atomic mass is 35.5. The fourth-order valence-electron chi connectivity index (χ4n) is 3.49. The number of halogens is 4. The summed E-state index contributed by atoms with van der Waals surface area (Å²) in [5.41, 5.74) is 0.121. The highest BCUT2D eigenvalue weighted by molar-refractivity contribution is 5.85. The molecular formula is C16H17ClF3N3O2. The highest BCUT2D eigenvalue weighted by Gasteiger charge is 2.63. The Labute approximate surface area is 148 Å². The fraction of sp³-hybridized carbons (Fsp3) is 0.500. The van der Waals surface area contributed by atoms with Crippen LogP contribution in [0.4, 0.5) is 13.2 Å². The highest BCUT2D eigenvalue weighted by Crippen LogP contribution is 2.64. The number of ether oxygens (including phenoxy) is 1. The first kappa shape index (κ1) is 18.0. The van der Waals surface area contributed by atoms with Crippen LogP contribution in [0.15, 0.2) is 28.8 Å². The van der Waals surface area contributed by atoms with Crippen LogP contribution in [-0.4, -0.2) is 36.0 Å². The first-order chi connectivity index (χ1) is 11.6. The fourth-order valence-corrected chi connectivity index (χ4v) is 3.49. The third kappa shape index (κ3) is 3.32. The Hall–Kier alpha value is -1.80. The summed E-state index contributed by atoms with van der Waals surface area (Å²) < 4.78 is 48.5. The van der Waals surface area contributed by atoms with Crippen LogP contribution in [0, 0.1) is 5.41 Å². The first-order valence-corrected chi connectivity index (χ1v) is 7.82. The van der Waals surface area contributed by atoms with Crippen molar-refractivity contribution in [1.82, 2.24) is 15.5 Å². The lowest BCUT2D eigenvalue weighted by molar-refractivity contribution is -0.0498. The second kappa shape index (κ2) is 6.84. The molecule has 1 spiro atoms. The van der Waals surface area contributed by atoms with Gasteiger partial charge in [0.1, 0.15) is 11.9 Å². The molecule has 25 heavy (non-hydrogen) atoms. The molecule has 0 amide bonds. The SMILES string of the molecule is Cl.FC(F)Oc1cccc(-c2noc(C3CC34CCNCC4F)n2)c1. The molecule has 1 saturated carbocycles. The van der Waals surface area contributed by atoms with Gasteiger partial charge >= 0.3 is 6.61 Å². The molecule has 2 heterocycles. The molecule has 1 aromatic carbocycles. The largest absolute Gasteiger partial charge is 0.435 e. The number of rotatable bonds is 4. The number of hydrogen-bond donors (Lipinski definition) is 1. The molecule has 1 aliphatic heterocycles. The maximum atomic E-state index is 14.2. The van der Waals surface area contributed by atoms with E-state index in [0.717, 1.165) is 13.0 Å². The smallest absolute Gasteiger partial charge is 0.387 e. The van der Waals surface area contributed by atoms with Crippen LogP contribution in [0.2, 0.25) is 0 Å². The molecule has 0 radical (unpaired) electrons. The zero-order valence-corrected chi connectivity index (χ0v) is 13.9. The molecule has 1 saturated heterocycles. The van der Waals surface area contributed by atoms with Gasteiger partial charge < -0.3 is 14.6 Å². The van der Waals surface area contributed by atoms with Gasteiger partial charge in [0.2, 0.25) is 11.7 Å². The molecule has 1 N–H and O–H groups in total. The third-order valence-electron chi connectivity index (χ3n) is 4.89. The van der Waals surface area contributed by atoms with Gasteiger partial charge in [0.25, 0.3) is 0 Å². The van der Waals surface area contributed by atoms with E-state index >= 15 is 0 Å². The Kier molecular flexibility index (Phi) is 4.92. The summed E-state index contributed by atoms with van der Waals surface area (Å²) in [5, 5.41) is 6.94. The Balaban J connectivity index is 0.00000182. The zero-order valence-electron chi connectivity index (χ0n) is 13.1. The quantitative estimate of drug-likeness (QED) is 0.885. The number of nitrogens with one attached hydrogen (secondary N) is 1. The monoisotopic (exact) mass is 375 g/mol. The predicted octanol–water partition coefficient (Wildman–Crippen LogP) is 3.56. The molecular weight excluding hydrogens is 359 g/mol. The van der Waals surface area contributed by atoms with E-state index in [2.05, 4.69) is 20.2 Å². The van der Waals surface area contributed by atoms with Crippen LogP contribution < -0.4 is 10.1 Å². The molecule has 9 heteroatoms. The second-order valence-electron chi connectivity index (χ2n) is 6.27. The Bertz CT molecular complexity index is 745. The summed E-state index contributed by atoms with van der Waals surface area (Å²) in [6.07, 6.45) is 0.523. The minimum Gasteiger partial charge on any atom is -0.435 e. The number of nitrogens with zero attached hydrogens (tertiary/aromatic N) is 2. The Morgan fingerprint density at radius 2 is 2.20 bits per heavy atom. The van der Waals surface area contributed by atoms with Gasteiger partial charge in [-0.15, -0.1) is 12.4 Å². The first-order valence-electron chi connectivity index (χ1n) is 7.82. The van der Waals surface area contributed by atoms with Crippen molar-refractivity contribution in [2.45, 2.75) is 31.5 Å². The van der Waals surface area contributed by atoms with E-state index in [1.807, 2.05) is 0 Å². The maximum Gasteiger partial charge on any atom is 0.387 e. The zero-order chi connectivity index (χ0) is 16.7. The van der Waals surface area contributed by atoms with E-state index in [0.29, 0.717) is 24.4 Å². The van der Waals surface area contributed by atoms with Crippen molar-refractivity contribution < 1.29 is 22.4 Å². The minimum absolute atomic E-state index is 0. The number of piperidine rings is 1. The van der Waals surface area contributed by atoms with Crippen molar-refractivity contribution in [2.75, 3.05) is 13.1 Å². The summed E-state index contributed by atoms with van der Waals surface area (Å²) >= 11 is 0. The van der Waals surface area contributed by atoms with Crippen LogP contribution in [0.3, 0.4) is 0 Å². The lowest BCUT2D eigenvalue weighted by Gasteiger charge is -2.27. The molecule has 5 nitrogen and oxygen atoms in total. The molecule has 1 aliphatic carbocycles. The summed E-state index contributed by atoms with van der Waals surface area (Å²) in [6.45, 7) is -1.76. The summed E-state index contributed by atoms with van der Waals surface area (Å²) in [4.78, 5) is 4.34. The standard InChI is InChI=1S/C16H16F3N3O2.ClH/c17-12-8-20-5-4-16(12)7-11(16)14-21-13(22-24-14)9-2-1-3-10(6-9)23-15(18)19;/h1-3,6,11-12,15,20H,4-5,7-8H2;1H. The van der Waals surface area contributed by atoms with Crippen molar-refractivity contribution in [2.24, 2.45) is 5.41 Å². The van der Waals surface area contributed by atoms with Crippen molar-refractivity contribution in [3.63, 3.8) is 0 Å². The van der Waals surface area contributed by atoms with Gasteiger partial charge in [0, 0.05) is 23.4 Å². The molecule has 0 bridgehead atoms. The molecule has 1 aromatic heterocycles. The van der Waals surface area contributed by atoms with Crippen molar-refractivity contribution in [3.05, 3.63) is 30.2 Å². The average molecular weight is 376 g/mol. The van der Waals surface area contributed by atoms with Crippen LogP contribution in [0.5, 0.6) is 5.75 Å². The van der Waals surface area contributed by atoms with Gasteiger partial charge in [0.15, 0.2) is 0 Å². The topological polar surface area (TPSA) is 60.2 Å².